The van der Waals surface area contributed by atoms with Gasteiger partial charge in [0.2, 0.25) is 0 Å². The number of hydrogen-bond donors (Lipinski definition) is 2. The van der Waals surface area contributed by atoms with Gasteiger partial charge < -0.3 is 15.2 Å². The number of phenolic OH excluding ortho intramolecular Hbond substituents is 1. The lowest BCUT2D eigenvalue weighted by atomic mass is 9.96. The molecule has 0 radical (unpaired) electrons. The molecule has 0 aliphatic rings. The molecule has 3 rings (SSSR count). The van der Waals surface area contributed by atoms with Crippen molar-refractivity contribution in [1.29, 1.82) is 0 Å². The lowest BCUT2D eigenvalue weighted by molar-refractivity contribution is -0.123. The second-order valence-electron chi connectivity index (χ2n) is 7.96. The molecule has 0 spiro atoms. The summed E-state index contributed by atoms with van der Waals surface area (Å²) in [6.07, 6.45) is 1.48. The highest BCUT2D eigenvalue weighted by Gasteiger charge is 2.13. The minimum Gasteiger partial charge on any atom is -0.508 e. The first-order chi connectivity index (χ1) is 15.3. The monoisotopic (exact) mass is 559 g/mol. The summed E-state index contributed by atoms with van der Waals surface area (Å²) in [5, 5.41) is 13.0. The van der Waals surface area contributed by atoms with Gasteiger partial charge in [-0.05, 0) is 59.2 Å². The van der Waals surface area contributed by atoms with Gasteiger partial charge in [0.25, 0.3) is 5.91 Å². The Bertz CT molecular complexity index is 1040. The molecule has 0 fully saturated rings. The largest absolute Gasteiger partial charge is 0.508 e. The van der Waals surface area contributed by atoms with E-state index in [1.54, 1.807) is 6.07 Å². The molecule has 3 aromatic carbocycles. The van der Waals surface area contributed by atoms with Crippen molar-refractivity contribution in [3.8, 4) is 11.5 Å². The van der Waals surface area contributed by atoms with Gasteiger partial charge in [0.1, 0.15) is 11.5 Å². The summed E-state index contributed by atoms with van der Waals surface area (Å²) in [7, 11) is 0. The number of aromatic hydroxyl groups is 1. The number of carbonyl (C=O) groups excluding carboxylic acids is 1. The van der Waals surface area contributed by atoms with Crippen molar-refractivity contribution < 1.29 is 14.6 Å². The van der Waals surface area contributed by atoms with Crippen molar-refractivity contribution in [2.24, 2.45) is 0 Å². The van der Waals surface area contributed by atoms with Crippen LogP contribution in [0.4, 0.5) is 0 Å². The highest BCUT2D eigenvalue weighted by molar-refractivity contribution is 9.11. The van der Waals surface area contributed by atoms with E-state index in [9.17, 15) is 9.90 Å². The molecule has 168 valence electrons. The fourth-order valence-corrected chi connectivity index (χ4v) is 4.83. The number of rotatable bonds is 9. The van der Waals surface area contributed by atoms with Crippen LogP contribution in [0.25, 0.3) is 0 Å². The van der Waals surface area contributed by atoms with E-state index in [1.807, 2.05) is 54.6 Å². The molecule has 0 aliphatic heterocycles. The summed E-state index contributed by atoms with van der Waals surface area (Å²) in [5.74, 6) is 1.03. The van der Waals surface area contributed by atoms with Crippen LogP contribution in [0.2, 0.25) is 0 Å². The molecule has 6 heteroatoms. The number of benzene rings is 3. The minimum absolute atomic E-state index is 0.0390. The summed E-state index contributed by atoms with van der Waals surface area (Å²) < 4.78 is 7.49. The van der Waals surface area contributed by atoms with Crippen LogP contribution < -0.4 is 10.1 Å². The number of ether oxygens (including phenoxy) is 1. The van der Waals surface area contributed by atoms with E-state index in [2.05, 4.69) is 51.0 Å². The van der Waals surface area contributed by atoms with Gasteiger partial charge in [-0.25, -0.2) is 0 Å². The van der Waals surface area contributed by atoms with Crippen molar-refractivity contribution in [2.75, 3.05) is 13.2 Å². The molecule has 0 saturated heterocycles. The number of hydrogen-bond acceptors (Lipinski definition) is 3. The summed E-state index contributed by atoms with van der Waals surface area (Å²) in [5.41, 5.74) is 4.31. The molecule has 1 amide bonds. The van der Waals surface area contributed by atoms with Crippen LogP contribution in [-0.2, 0) is 17.6 Å². The second-order valence-corrected chi connectivity index (χ2v) is 9.67. The SMILES string of the molecule is CC(C)c1cc(Cc2c(Br)cc(OCC(=O)NCCc3ccccc3)cc2Br)ccc1O. The van der Waals surface area contributed by atoms with Crippen LogP contribution in [0.3, 0.4) is 0 Å². The number of phenols is 1. The third-order valence-electron chi connectivity index (χ3n) is 5.16. The first-order valence-corrected chi connectivity index (χ1v) is 12.1. The standard InChI is InChI=1S/C26H27Br2NO3/c1-17(2)21-12-19(8-9-25(21)30)13-22-23(27)14-20(15-24(22)28)32-16-26(31)29-11-10-18-6-4-3-5-7-18/h3-9,12,14-15,17,30H,10-11,13,16H2,1-2H3,(H,29,31). The Balaban J connectivity index is 1.57. The molecular weight excluding hydrogens is 534 g/mol. The van der Waals surface area contributed by atoms with Crippen LogP contribution in [0.5, 0.6) is 11.5 Å². The highest BCUT2D eigenvalue weighted by atomic mass is 79.9. The first-order valence-electron chi connectivity index (χ1n) is 10.6. The summed E-state index contributed by atoms with van der Waals surface area (Å²) in [6.45, 7) is 4.66. The maximum atomic E-state index is 12.1. The molecule has 0 unspecified atom stereocenters. The normalized spacial score (nSPS) is 10.9. The Hall–Kier alpha value is -2.31. The van der Waals surface area contributed by atoms with Crippen molar-refractivity contribution in [3.05, 3.63) is 91.9 Å². The molecule has 2 N–H and O–H groups in total. The molecular formula is C26H27Br2NO3. The lowest BCUT2D eigenvalue weighted by Gasteiger charge is -2.14. The molecule has 3 aromatic rings. The van der Waals surface area contributed by atoms with E-state index in [-0.39, 0.29) is 18.4 Å². The average Bonchev–Trinajstić information content (AvgIpc) is 2.76. The maximum absolute atomic E-state index is 12.1. The lowest BCUT2D eigenvalue weighted by Crippen LogP contribution is -2.30. The molecule has 0 saturated carbocycles. The van der Waals surface area contributed by atoms with Gasteiger partial charge >= 0.3 is 0 Å². The zero-order chi connectivity index (χ0) is 23.1. The quantitative estimate of drug-likeness (QED) is 0.320. The van der Waals surface area contributed by atoms with E-state index >= 15 is 0 Å². The predicted molar refractivity (Wildman–Crippen MR) is 135 cm³/mol. The Morgan fingerprint density at radius 1 is 1.00 bits per heavy atom. The smallest absolute Gasteiger partial charge is 0.257 e. The van der Waals surface area contributed by atoms with Gasteiger partial charge in [0.15, 0.2) is 6.61 Å². The number of nitrogens with one attached hydrogen (secondary N) is 1. The molecule has 0 aliphatic carbocycles. The second kappa shape index (κ2) is 11.5. The topological polar surface area (TPSA) is 58.6 Å². The molecule has 32 heavy (non-hydrogen) atoms. The van der Waals surface area contributed by atoms with Crippen LogP contribution in [-0.4, -0.2) is 24.2 Å². The zero-order valence-electron chi connectivity index (χ0n) is 18.2. The Labute approximate surface area is 206 Å². The van der Waals surface area contributed by atoms with Crippen LogP contribution in [0.15, 0.2) is 69.6 Å². The van der Waals surface area contributed by atoms with Crippen LogP contribution in [0, 0.1) is 0 Å². The van der Waals surface area contributed by atoms with Gasteiger partial charge in [0.05, 0.1) is 0 Å². The first kappa shape index (κ1) is 24.3. The molecule has 0 heterocycles. The third-order valence-corrected chi connectivity index (χ3v) is 6.57. The Kier molecular flexibility index (Phi) is 8.76. The van der Waals surface area contributed by atoms with Crippen molar-refractivity contribution in [2.45, 2.75) is 32.6 Å². The molecule has 0 atom stereocenters. The third kappa shape index (κ3) is 6.84. The van der Waals surface area contributed by atoms with Gasteiger partial charge in [-0.3, -0.25) is 4.79 Å². The van der Waals surface area contributed by atoms with Crippen molar-refractivity contribution in [1.82, 2.24) is 5.32 Å². The van der Waals surface area contributed by atoms with Gasteiger partial charge in [-0.15, -0.1) is 0 Å². The summed E-state index contributed by atoms with van der Waals surface area (Å²) in [4.78, 5) is 12.1. The number of amides is 1. The van der Waals surface area contributed by atoms with E-state index in [4.69, 9.17) is 4.74 Å². The molecule has 0 bridgehead atoms. The average molecular weight is 561 g/mol. The van der Waals surface area contributed by atoms with E-state index in [0.29, 0.717) is 24.5 Å². The number of halogens is 2. The predicted octanol–water partition coefficient (Wildman–Crippen LogP) is 6.37. The maximum Gasteiger partial charge on any atom is 0.257 e. The molecule has 0 aromatic heterocycles. The van der Waals surface area contributed by atoms with Gasteiger partial charge in [-0.1, -0.05) is 88.2 Å². The fraction of sp³-hybridized carbons (Fsp3) is 0.269. The summed E-state index contributed by atoms with van der Waals surface area (Å²) >= 11 is 7.26. The summed E-state index contributed by atoms with van der Waals surface area (Å²) in [6, 6.07) is 19.5. The van der Waals surface area contributed by atoms with E-state index in [1.165, 1.54) is 5.56 Å². The highest BCUT2D eigenvalue weighted by Crippen LogP contribution is 2.34. The van der Waals surface area contributed by atoms with Gasteiger partial charge in [-0.2, -0.15) is 0 Å². The fourth-order valence-electron chi connectivity index (χ4n) is 3.40. The van der Waals surface area contributed by atoms with Crippen molar-refractivity contribution in [3.63, 3.8) is 0 Å². The minimum atomic E-state index is -0.150. The Morgan fingerprint density at radius 2 is 1.69 bits per heavy atom. The van der Waals surface area contributed by atoms with E-state index in [0.717, 1.165) is 32.1 Å². The molecule has 4 nitrogen and oxygen atoms in total. The Morgan fingerprint density at radius 3 is 2.34 bits per heavy atom. The zero-order valence-corrected chi connectivity index (χ0v) is 21.4. The number of carbonyl (C=O) groups is 1. The van der Waals surface area contributed by atoms with Crippen molar-refractivity contribution >= 4 is 37.8 Å². The van der Waals surface area contributed by atoms with E-state index < -0.39 is 0 Å². The van der Waals surface area contributed by atoms with Crippen LogP contribution in [0.1, 0.15) is 42.0 Å². The van der Waals surface area contributed by atoms with Crippen LogP contribution >= 0.6 is 31.9 Å². The van der Waals surface area contributed by atoms with Gasteiger partial charge in [0, 0.05) is 15.5 Å².